The zero-order valence-corrected chi connectivity index (χ0v) is 11.1. The zero-order valence-electron chi connectivity index (χ0n) is 10.3. The van der Waals surface area contributed by atoms with Crippen molar-refractivity contribution in [3.8, 4) is 0 Å². The molecular weight excluding hydrogens is 269 g/mol. The number of alkyl halides is 3. The van der Waals surface area contributed by atoms with Gasteiger partial charge in [0.15, 0.2) is 0 Å². The number of hydrogen-bond acceptors (Lipinski definition) is 2. The van der Waals surface area contributed by atoms with Crippen LogP contribution in [0.2, 0.25) is 0 Å². The van der Waals surface area contributed by atoms with E-state index in [1.54, 1.807) is 6.92 Å². The molecule has 0 aliphatic heterocycles. The third kappa shape index (κ3) is 5.02. The van der Waals surface area contributed by atoms with Gasteiger partial charge in [0.1, 0.15) is 0 Å². The second-order valence-corrected chi connectivity index (χ2v) is 4.63. The maximum atomic E-state index is 12.5. The Kier molecular flexibility index (Phi) is 6.99. The first-order valence-corrected chi connectivity index (χ1v) is 5.97. The molecule has 0 aromatic carbocycles. The molecule has 1 saturated carbocycles. The number of carbonyl (C=O) groups excluding carboxylic acids is 1. The summed E-state index contributed by atoms with van der Waals surface area (Å²) < 4.78 is 37.6. The first-order chi connectivity index (χ1) is 7.84. The normalized spacial score (nSPS) is 26.1. The standard InChI is InChI=1S/C11H19F3N2O.ClH/c1-2-9(15)10(17)16-8-5-3-4-7(6-8)11(12,13)14;/h7-9H,2-6,15H2,1H3,(H,16,17);1H/t7?,8?,9-;/m0./s1. The number of rotatable bonds is 3. The van der Waals surface area contributed by atoms with Crippen molar-refractivity contribution in [2.75, 3.05) is 0 Å². The summed E-state index contributed by atoms with van der Waals surface area (Å²) in [4.78, 5) is 11.5. The highest BCUT2D eigenvalue weighted by molar-refractivity contribution is 5.85. The summed E-state index contributed by atoms with van der Waals surface area (Å²) in [7, 11) is 0. The van der Waals surface area contributed by atoms with Crippen molar-refractivity contribution in [3.05, 3.63) is 0 Å². The molecule has 7 heteroatoms. The van der Waals surface area contributed by atoms with Crippen LogP contribution in [-0.2, 0) is 4.79 Å². The van der Waals surface area contributed by atoms with Crippen molar-refractivity contribution < 1.29 is 18.0 Å². The maximum absolute atomic E-state index is 12.5. The molecule has 0 aromatic rings. The van der Waals surface area contributed by atoms with Crippen molar-refractivity contribution in [2.45, 2.75) is 57.3 Å². The smallest absolute Gasteiger partial charge is 0.352 e. The van der Waals surface area contributed by atoms with Gasteiger partial charge in [-0.15, -0.1) is 12.4 Å². The Hall–Kier alpha value is -0.490. The zero-order chi connectivity index (χ0) is 13.1. The molecule has 0 aromatic heterocycles. The predicted octanol–water partition coefficient (Wildman–Crippen LogP) is 2.38. The van der Waals surface area contributed by atoms with Crippen LogP contribution in [0.5, 0.6) is 0 Å². The van der Waals surface area contributed by atoms with Crippen LogP contribution >= 0.6 is 12.4 Å². The molecule has 2 unspecified atom stereocenters. The molecule has 1 aliphatic carbocycles. The Balaban J connectivity index is 0.00000289. The van der Waals surface area contributed by atoms with Crippen molar-refractivity contribution >= 4 is 18.3 Å². The molecule has 3 atom stereocenters. The van der Waals surface area contributed by atoms with Gasteiger partial charge in [0.25, 0.3) is 0 Å². The first-order valence-electron chi connectivity index (χ1n) is 5.97. The lowest BCUT2D eigenvalue weighted by molar-refractivity contribution is -0.184. The molecule has 1 aliphatic rings. The van der Waals surface area contributed by atoms with Crippen LogP contribution in [0, 0.1) is 5.92 Å². The summed E-state index contributed by atoms with van der Waals surface area (Å²) in [5, 5.41) is 2.61. The van der Waals surface area contributed by atoms with E-state index in [1.807, 2.05) is 0 Å². The third-order valence-corrected chi connectivity index (χ3v) is 3.26. The largest absolute Gasteiger partial charge is 0.391 e. The van der Waals surface area contributed by atoms with E-state index < -0.39 is 18.1 Å². The van der Waals surface area contributed by atoms with E-state index in [9.17, 15) is 18.0 Å². The Morgan fingerprint density at radius 1 is 1.44 bits per heavy atom. The van der Waals surface area contributed by atoms with Crippen molar-refractivity contribution in [3.63, 3.8) is 0 Å². The Morgan fingerprint density at radius 3 is 2.56 bits per heavy atom. The minimum absolute atomic E-state index is 0. The molecule has 3 nitrogen and oxygen atoms in total. The van der Waals surface area contributed by atoms with E-state index in [0.29, 0.717) is 19.3 Å². The van der Waals surface area contributed by atoms with Gasteiger partial charge in [-0.25, -0.2) is 0 Å². The minimum Gasteiger partial charge on any atom is -0.352 e. The summed E-state index contributed by atoms with van der Waals surface area (Å²) in [6.45, 7) is 1.77. The molecule has 108 valence electrons. The first kappa shape index (κ1) is 17.5. The summed E-state index contributed by atoms with van der Waals surface area (Å²) >= 11 is 0. The van der Waals surface area contributed by atoms with E-state index >= 15 is 0 Å². The van der Waals surface area contributed by atoms with Crippen LogP contribution in [0.15, 0.2) is 0 Å². The highest BCUT2D eigenvalue weighted by Crippen LogP contribution is 2.37. The fourth-order valence-electron chi connectivity index (χ4n) is 2.11. The number of nitrogens with one attached hydrogen (secondary N) is 1. The molecule has 0 saturated heterocycles. The van der Waals surface area contributed by atoms with Gasteiger partial charge in [0.05, 0.1) is 12.0 Å². The molecule has 3 N–H and O–H groups in total. The Bertz CT molecular complexity index is 274. The lowest BCUT2D eigenvalue weighted by Crippen LogP contribution is -2.47. The lowest BCUT2D eigenvalue weighted by Gasteiger charge is -2.31. The monoisotopic (exact) mass is 288 g/mol. The van der Waals surface area contributed by atoms with Gasteiger partial charge >= 0.3 is 6.18 Å². The van der Waals surface area contributed by atoms with Crippen LogP contribution in [0.3, 0.4) is 0 Å². The highest BCUT2D eigenvalue weighted by atomic mass is 35.5. The summed E-state index contributed by atoms with van der Waals surface area (Å²) in [6, 6.07) is -1.01. The molecule has 0 spiro atoms. The maximum Gasteiger partial charge on any atom is 0.391 e. The molecular formula is C11H20ClF3N2O. The Morgan fingerprint density at radius 2 is 2.06 bits per heavy atom. The summed E-state index contributed by atoms with van der Waals surface area (Å²) in [6.07, 6.45) is -2.43. The predicted molar refractivity (Wildman–Crippen MR) is 65.5 cm³/mol. The van der Waals surface area contributed by atoms with Crippen LogP contribution in [-0.4, -0.2) is 24.2 Å². The average molecular weight is 289 g/mol. The lowest BCUT2D eigenvalue weighted by atomic mass is 9.85. The van der Waals surface area contributed by atoms with E-state index in [0.717, 1.165) is 0 Å². The van der Waals surface area contributed by atoms with E-state index in [-0.39, 0.29) is 37.2 Å². The van der Waals surface area contributed by atoms with Gasteiger partial charge in [0.2, 0.25) is 5.91 Å². The highest BCUT2D eigenvalue weighted by Gasteiger charge is 2.42. The van der Waals surface area contributed by atoms with Crippen molar-refractivity contribution in [2.24, 2.45) is 11.7 Å². The quantitative estimate of drug-likeness (QED) is 0.838. The molecule has 0 heterocycles. The van der Waals surface area contributed by atoms with Crippen molar-refractivity contribution in [1.82, 2.24) is 5.32 Å². The number of amides is 1. The molecule has 0 bridgehead atoms. The van der Waals surface area contributed by atoms with Gasteiger partial charge in [-0.05, 0) is 25.7 Å². The summed E-state index contributed by atoms with van der Waals surface area (Å²) in [5.41, 5.74) is 5.52. The van der Waals surface area contributed by atoms with Crippen LogP contribution in [0.1, 0.15) is 39.0 Å². The second kappa shape index (κ2) is 7.19. The topological polar surface area (TPSA) is 55.1 Å². The van der Waals surface area contributed by atoms with Gasteiger partial charge in [-0.3, -0.25) is 4.79 Å². The second-order valence-electron chi connectivity index (χ2n) is 4.63. The number of carbonyl (C=O) groups is 1. The van der Waals surface area contributed by atoms with E-state index in [4.69, 9.17) is 5.73 Å². The summed E-state index contributed by atoms with van der Waals surface area (Å²) in [5.74, 6) is -1.64. The Labute approximate surface area is 111 Å². The van der Waals surface area contributed by atoms with Gasteiger partial charge in [-0.2, -0.15) is 13.2 Å². The SMILES string of the molecule is CC[C@H](N)C(=O)NC1CCCC(C(F)(F)F)C1.Cl. The molecule has 0 radical (unpaired) electrons. The van der Waals surface area contributed by atoms with E-state index in [2.05, 4.69) is 5.32 Å². The fraction of sp³-hybridized carbons (Fsp3) is 0.909. The van der Waals surface area contributed by atoms with Crippen LogP contribution < -0.4 is 11.1 Å². The third-order valence-electron chi connectivity index (χ3n) is 3.26. The molecule has 1 amide bonds. The fourth-order valence-corrected chi connectivity index (χ4v) is 2.11. The molecule has 1 fully saturated rings. The molecule has 18 heavy (non-hydrogen) atoms. The molecule has 1 rings (SSSR count). The van der Waals surface area contributed by atoms with Gasteiger partial charge in [0, 0.05) is 6.04 Å². The van der Waals surface area contributed by atoms with Gasteiger partial charge in [-0.1, -0.05) is 13.3 Å². The average Bonchev–Trinajstić information content (AvgIpc) is 2.27. The van der Waals surface area contributed by atoms with E-state index in [1.165, 1.54) is 0 Å². The number of hydrogen-bond donors (Lipinski definition) is 2. The number of nitrogens with two attached hydrogens (primary N) is 1. The number of halogens is 4. The minimum atomic E-state index is -4.16. The van der Waals surface area contributed by atoms with Gasteiger partial charge < -0.3 is 11.1 Å². The van der Waals surface area contributed by atoms with Crippen molar-refractivity contribution in [1.29, 1.82) is 0 Å². The van der Waals surface area contributed by atoms with Crippen LogP contribution in [0.4, 0.5) is 13.2 Å². The van der Waals surface area contributed by atoms with Crippen LogP contribution in [0.25, 0.3) is 0 Å².